The summed E-state index contributed by atoms with van der Waals surface area (Å²) in [6.07, 6.45) is 0. The van der Waals surface area contributed by atoms with Crippen molar-refractivity contribution < 1.29 is 19.4 Å². The number of benzene rings is 1. The summed E-state index contributed by atoms with van der Waals surface area (Å²) < 4.78 is 9.74. The molecule has 1 aromatic carbocycles. The van der Waals surface area contributed by atoms with E-state index in [0.717, 1.165) is 0 Å². The van der Waals surface area contributed by atoms with Gasteiger partial charge in [0.05, 0.1) is 25.4 Å². The molecule has 0 aromatic heterocycles. The lowest BCUT2D eigenvalue weighted by Crippen LogP contribution is -2.18. The van der Waals surface area contributed by atoms with Crippen molar-refractivity contribution in [1.82, 2.24) is 0 Å². The van der Waals surface area contributed by atoms with Crippen LogP contribution in [-0.4, -0.2) is 25.3 Å². The third kappa shape index (κ3) is 2.52. The third-order valence-electron chi connectivity index (χ3n) is 2.28. The van der Waals surface area contributed by atoms with Crippen LogP contribution < -0.4 is 4.74 Å². The Bertz CT molecular complexity index is 390. The smallest absolute Gasteiger partial charge is 0.337 e. The highest BCUT2D eigenvalue weighted by molar-refractivity contribution is 5.89. The quantitative estimate of drug-likeness (QED) is 0.794. The van der Waals surface area contributed by atoms with Crippen LogP contribution >= 0.6 is 0 Å². The maximum absolute atomic E-state index is 11.3. The summed E-state index contributed by atoms with van der Waals surface area (Å²) in [7, 11) is 2.83. The fraction of sp³-hybridized carbons (Fsp3) is 0.417. The number of esters is 1. The Morgan fingerprint density at radius 1 is 1.31 bits per heavy atom. The van der Waals surface area contributed by atoms with Crippen molar-refractivity contribution in [2.24, 2.45) is 0 Å². The molecule has 0 fully saturated rings. The lowest BCUT2D eigenvalue weighted by molar-refractivity contribution is 0.0598. The molecule has 1 N–H and O–H groups in total. The van der Waals surface area contributed by atoms with Gasteiger partial charge in [-0.05, 0) is 32.0 Å². The molecule has 0 saturated carbocycles. The van der Waals surface area contributed by atoms with Crippen molar-refractivity contribution in [3.63, 3.8) is 0 Å². The van der Waals surface area contributed by atoms with Crippen molar-refractivity contribution >= 4 is 5.97 Å². The first-order valence-electron chi connectivity index (χ1n) is 4.89. The molecular weight excluding hydrogens is 208 g/mol. The minimum Gasteiger partial charge on any atom is -0.496 e. The van der Waals surface area contributed by atoms with E-state index in [1.165, 1.54) is 14.2 Å². The van der Waals surface area contributed by atoms with Crippen LogP contribution in [0.25, 0.3) is 0 Å². The molecular formula is C12H16O4. The van der Waals surface area contributed by atoms with Crippen molar-refractivity contribution in [3.8, 4) is 5.75 Å². The predicted octanol–water partition coefficient (Wildman–Crippen LogP) is 1.71. The second-order valence-electron chi connectivity index (χ2n) is 3.97. The van der Waals surface area contributed by atoms with Crippen LogP contribution in [-0.2, 0) is 10.3 Å². The van der Waals surface area contributed by atoms with Crippen LogP contribution in [0.5, 0.6) is 5.75 Å². The fourth-order valence-electron chi connectivity index (χ4n) is 1.43. The van der Waals surface area contributed by atoms with Gasteiger partial charge in [-0.3, -0.25) is 0 Å². The molecule has 1 aromatic rings. The third-order valence-corrected chi connectivity index (χ3v) is 2.28. The van der Waals surface area contributed by atoms with E-state index in [4.69, 9.17) is 4.74 Å². The summed E-state index contributed by atoms with van der Waals surface area (Å²) in [5.41, 5.74) is -0.131. The molecule has 88 valence electrons. The van der Waals surface area contributed by atoms with Gasteiger partial charge in [-0.2, -0.15) is 0 Å². The zero-order chi connectivity index (χ0) is 12.3. The van der Waals surface area contributed by atoms with Crippen LogP contribution in [0.3, 0.4) is 0 Å². The number of hydrogen-bond acceptors (Lipinski definition) is 4. The van der Waals surface area contributed by atoms with Crippen LogP contribution in [0.4, 0.5) is 0 Å². The fourth-order valence-corrected chi connectivity index (χ4v) is 1.43. The Kier molecular flexibility index (Phi) is 3.55. The number of rotatable bonds is 3. The Labute approximate surface area is 94.8 Å². The summed E-state index contributed by atoms with van der Waals surface area (Å²) in [5.74, 6) is 0.105. The van der Waals surface area contributed by atoms with Crippen LogP contribution in [0.1, 0.15) is 29.8 Å². The highest BCUT2D eigenvalue weighted by Gasteiger charge is 2.22. The highest BCUT2D eigenvalue weighted by atomic mass is 16.5. The van der Waals surface area contributed by atoms with Crippen LogP contribution in [0.15, 0.2) is 18.2 Å². The molecule has 16 heavy (non-hydrogen) atoms. The van der Waals surface area contributed by atoms with Gasteiger partial charge in [-0.25, -0.2) is 4.79 Å². The molecule has 0 heterocycles. The molecule has 4 nitrogen and oxygen atoms in total. The van der Waals surface area contributed by atoms with Gasteiger partial charge in [0.25, 0.3) is 0 Å². The number of methoxy groups -OCH3 is 2. The van der Waals surface area contributed by atoms with E-state index >= 15 is 0 Å². The van der Waals surface area contributed by atoms with Crippen molar-refractivity contribution in [1.29, 1.82) is 0 Å². The minimum atomic E-state index is -1.07. The molecule has 4 heteroatoms. The highest BCUT2D eigenvalue weighted by Crippen LogP contribution is 2.30. The Morgan fingerprint density at radius 3 is 2.38 bits per heavy atom. The molecule has 0 unspecified atom stereocenters. The monoisotopic (exact) mass is 224 g/mol. The van der Waals surface area contributed by atoms with Crippen LogP contribution in [0, 0.1) is 0 Å². The first kappa shape index (κ1) is 12.5. The van der Waals surface area contributed by atoms with E-state index < -0.39 is 11.6 Å². The lowest BCUT2D eigenvalue weighted by atomic mass is 9.95. The lowest BCUT2D eigenvalue weighted by Gasteiger charge is -2.21. The largest absolute Gasteiger partial charge is 0.496 e. The summed E-state index contributed by atoms with van der Waals surface area (Å²) in [4.78, 5) is 11.3. The normalized spacial score (nSPS) is 11.1. The zero-order valence-corrected chi connectivity index (χ0v) is 9.90. The molecule has 0 radical (unpaired) electrons. The zero-order valence-electron chi connectivity index (χ0n) is 9.90. The second kappa shape index (κ2) is 4.53. The van der Waals surface area contributed by atoms with Gasteiger partial charge in [-0.15, -0.1) is 0 Å². The van der Waals surface area contributed by atoms with E-state index in [1.54, 1.807) is 32.0 Å². The van der Waals surface area contributed by atoms with Gasteiger partial charge in [0.2, 0.25) is 0 Å². The van der Waals surface area contributed by atoms with E-state index in [2.05, 4.69) is 4.74 Å². The minimum absolute atomic E-state index is 0.389. The number of carbonyl (C=O) groups is 1. The van der Waals surface area contributed by atoms with Gasteiger partial charge < -0.3 is 14.6 Å². The SMILES string of the molecule is COC(=O)c1ccc(OC)c(C(C)(C)O)c1. The molecule has 0 saturated heterocycles. The standard InChI is InChI=1S/C12H16O4/c1-12(2,14)9-7-8(11(13)16-4)5-6-10(9)15-3/h5-7,14H,1-4H3. The van der Waals surface area contributed by atoms with E-state index in [1.807, 2.05) is 0 Å². The van der Waals surface area contributed by atoms with Gasteiger partial charge in [-0.1, -0.05) is 0 Å². The van der Waals surface area contributed by atoms with Gasteiger partial charge in [0.1, 0.15) is 5.75 Å². The van der Waals surface area contributed by atoms with Gasteiger partial charge >= 0.3 is 5.97 Å². The number of ether oxygens (including phenoxy) is 2. The summed E-state index contributed by atoms with van der Waals surface area (Å²) in [6, 6.07) is 4.81. The average molecular weight is 224 g/mol. The number of carbonyl (C=O) groups excluding carboxylic acids is 1. The van der Waals surface area contributed by atoms with Gasteiger partial charge in [0, 0.05) is 5.56 Å². The summed E-state index contributed by atoms with van der Waals surface area (Å²) >= 11 is 0. The number of hydrogen-bond donors (Lipinski definition) is 1. The maximum Gasteiger partial charge on any atom is 0.337 e. The molecule has 0 aliphatic carbocycles. The molecule has 0 aliphatic rings. The molecule has 0 aliphatic heterocycles. The van der Waals surface area contributed by atoms with E-state index in [0.29, 0.717) is 16.9 Å². The molecule has 0 amide bonds. The topological polar surface area (TPSA) is 55.8 Å². The summed E-state index contributed by atoms with van der Waals surface area (Å²) in [5, 5.41) is 9.95. The van der Waals surface area contributed by atoms with Crippen molar-refractivity contribution in [2.75, 3.05) is 14.2 Å². The molecule has 0 atom stereocenters. The Hall–Kier alpha value is -1.55. The molecule has 0 bridgehead atoms. The van der Waals surface area contributed by atoms with Crippen molar-refractivity contribution in [3.05, 3.63) is 29.3 Å². The van der Waals surface area contributed by atoms with E-state index in [9.17, 15) is 9.90 Å². The Morgan fingerprint density at radius 2 is 1.94 bits per heavy atom. The second-order valence-corrected chi connectivity index (χ2v) is 3.97. The number of aliphatic hydroxyl groups is 1. The maximum atomic E-state index is 11.3. The molecule has 0 spiro atoms. The first-order valence-corrected chi connectivity index (χ1v) is 4.89. The van der Waals surface area contributed by atoms with E-state index in [-0.39, 0.29) is 0 Å². The van der Waals surface area contributed by atoms with Crippen LogP contribution in [0.2, 0.25) is 0 Å². The van der Waals surface area contributed by atoms with Gasteiger partial charge in [0.15, 0.2) is 0 Å². The predicted molar refractivity (Wildman–Crippen MR) is 59.6 cm³/mol. The molecule has 1 rings (SSSR count). The average Bonchev–Trinajstić information content (AvgIpc) is 2.26. The summed E-state index contributed by atoms with van der Waals surface area (Å²) in [6.45, 7) is 3.26. The Balaban J connectivity index is 3.27. The first-order chi connectivity index (χ1) is 7.40. The van der Waals surface area contributed by atoms with Crippen molar-refractivity contribution in [2.45, 2.75) is 19.4 Å².